The molecule has 1 atom stereocenters. The van der Waals surface area contributed by atoms with Gasteiger partial charge in [0, 0.05) is 37.6 Å². The number of anilines is 1. The number of aromatic nitrogens is 5. The smallest absolute Gasteiger partial charge is 0.325 e. The Morgan fingerprint density at radius 2 is 2.16 bits per heavy atom. The standard InChI is InChI=1S/C15H14F2N6O2/c16-12(17)8-1-3-22(7-8)11-5-10(21-23-4-2-18-13(11)23)9-6-19-15(25)20-14(9)24/h2,4-6,8,12H,1,3,7H2,(H2,19,20,24,25)/t8-/m0/s1. The SMILES string of the molecule is O=c1[nH]cc(-c2cc(N3CC[C@H](C(F)F)C3)c3nccn3n2)c(=O)[nH]1. The van der Waals surface area contributed by atoms with E-state index >= 15 is 0 Å². The maximum absolute atomic E-state index is 13.0. The Labute approximate surface area is 139 Å². The Morgan fingerprint density at radius 1 is 1.32 bits per heavy atom. The molecule has 1 saturated heterocycles. The lowest BCUT2D eigenvalue weighted by Crippen LogP contribution is -2.24. The number of fused-ring (bicyclic) bond motifs is 1. The molecule has 0 amide bonds. The predicted octanol–water partition coefficient (Wildman–Crippen LogP) is 0.864. The molecule has 130 valence electrons. The largest absolute Gasteiger partial charge is 0.368 e. The number of H-pyrrole nitrogens is 2. The van der Waals surface area contributed by atoms with E-state index in [0.717, 1.165) is 0 Å². The number of rotatable bonds is 3. The van der Waals surface area contributed by atoms with Crippen LogP contribution in [0.5, 0.6) is 0 Å². The Morgan fingerprint density at radius 3 is 2.88 bits per heavy atom. The molecular weight excluding hydrogens is 334 g/mol. The third-order valence-electron chi connectivity index (χ3n) is 4.36. The van der Waals surface area contributed by atoms with Crippen LogP contribution in [0.4, 0.5) is 14.5 Å². The first-order valence-corrected chi connectivity index (χ1v) is 7.73. The van der Waals surface area contributed by atoms with E-state index in [1.54, 1.807) is 18.5 Å². The minimum Gasteiger partial charge on any atom is -0.368 e. The van der Waals surface area contributed by atoms with Gasteiger partial charge in [-0.3, -0.25) is 9.78 Å². The topological polar surface area (TPSA) is 99.2 Å². The highest BCUT2D eigenvalue weighted by atomic mass is 19.3. The minimum absolute atomic E-state index is 0.182. The van der Waals surface area contributed by atoms with E-state index in [9.17, 15) is 18.4 Å². The highest BCUT2D eigenvalue weighted by Crippen LogP contribution is 2.31. The van der Waals surface area contributed by atoms with Gasteiger partial charge in [-0.05, 0) is 12.5 Å². The fraction of sp³-hybridized carbons (Fsp3) is 0.333. The van der Waals surface area contributed by atoms with Gasteiger partial charge in [-0.2, -0.15) is 5.10 Å². The number of nitrogens with one attached hydrogen (secondary N) is 2. The summed E-state index contributed by atoms with van der Waals surface area (Å²) in [5.74, 6) is -0.692. The second-order valence-electron chi connectivity index (χ2n) is 5.93. The second kappa shape index (κ2) is 5.80. The summed E-state index contributed by atoms with van der Waals surface area (Å²) in [6.07, 6.45) is 2.46. The molecule has 3 aromatic heterocycles. The van der Waals surface area contributed by atoms with Gasteiger partial charge in [-0.1, -0.05) is 0 Å². The van der Waals surface area contributed by atoms with Crippen molar-refractivity contribution in [3.8, 4) is 11.3 Å². The average molecular weight is 348 g/mol. The second-order valence-corrected chi connectivity index (χ2v) is 5.93. The lowest BCUT2D eigenvalue weighted by atomic mass is 10.1. The summed E-state index contributed by atoms with van der Waals surface area (Å²) in [7, 11) is 0. The summed E-state index contributed by atoms with van der Waals surface area (Å²) < 4.78 is 27.4. The number of hydrogen-bond donors (Lipinski definition) is 2. The van der Waals surface area contributed by atoms with Crippen molar-refractivity contribution in [2.24, 2.45) is 5.92 Å². The van der Waals surface area contributed by atoms with Gasteiger partial charge in [-0.25, -0.2) is 23.1 Å². The summed E-state index contributed by atoms with van der Waals surface area (Å²) in [5.41, 5.74) is 0.466. The van der Waals surface area contributed by atoms with Gasteiger partial charge >= 0.3 is 5.69 Å². The third-order valence-corrected chi connectivity index (χ3v) is 4.36. The van der Waals surface area contributed by atoms with Crippen LogP contribution in [0.3, 0.4) is 0 Å². The van der Waals surface area contributed by atoms with Crippen LogP contribution in [0, 0.1) is 5.92 Å². The number of nitrogens with zero attached hydrogens (tertiary/aromatic N) is 4. The molecule has 2 N–H and O–H groups in total. The van der Waals surface area contributed by atoms with Crippen molar-refractivity contribution in [2.45, 2.75) is 12.8 Å². The lowest BCUT2D eigenvalue weighted by Gasteiger charge is -2.20. The Hall–Kier alpha value is -3.04. The van der Waals surface area contributed by atoms with Gasteiger partial charge in [0.05, 0.1) is 11.3 Å². The summed E-state index contributed by atoms with van der Waals surface area (Å²) >= 11 is 0. The normalized spacial score (nSPS) is 17.7. The van der Waals surface area contributed by atoms with Crippen LogP contribution in [-0.2, 0) is 0 Å². The van der Waals surface area contributed by atoms with E-state index in [1.165, 1.54) is 10.7 Å². The zero-order valence-electron chi connectivity index (χ0n) is 12.9. The minimum atomic E-state index is -2.37. The van der Waals surface area contributed by atoms with Crippen LogP contribution in [0.1, 0.15) is 6.42 Å². The average Bonchev–Trinajstić information content (AvgIpc) is 3.23. The Kier molecular flexibility index (Phi) is 3.59. The first-order valence-electron chi connectivity index (χ1n) is 7.73. The van der Waals surface area contributed by atoms with Crippen molar-refractivity contribution in [3.63, 3.8) is 0 Å². The van der Waals surface area contributed by atoms with Gasteiger partial charge in [0.25, 0.3) is 5.56 Å². The van der Waals surface area contributed by atoms with Crippen LogP contribution in [0.25, 0.3) is 16.9 Å². The molecule has 4 heterocycles. The fourth-order valence-electron chi connectivity index (χ4n) is 3.08. The monoisotopic (exact) mass is 348 g/mol. The molecule has 10 heteroatoms. The highest BCUT2D eigenvalue weighted by molar-refractivity contribution is 5.74. The van der Waals surface area contributed by atoms with Crippen LogP contribution >= 0.6 is 0 Å². The van der Waals surface area contributed by atoms with E-state index in [1.807, 2.05) is 4.90 Å². The van der Waals surface area contributed by atoms with Crippen molar-refractivity contribution in [1.82, 2.24) is 24.6 Å². The molecule has 1 aliphatic heterocycles. The maximum Gasteiger partial charge on any atom is 0.325 e. The van der Waals surface area contributed by atoms with E-state index in [0.29, 0.717) is 30.0 Å². The van der Waals surface area contributed by atoms with E-state index in [2.05, 4.69) is 20.1 Å². The Balaban J connectivity index is 1.83. The molecule has 0 aliphatic carbocycles. The van der Waals surface area contributed by atoms with Gasteiger partial charge in [0.1, 0.15) is 5.69 Å². The van der Waals surface area contributed by atoms with Crippen molar-refractivity contribution in [3.05, 3.63) is 45.5 Å². The van der Waals surface area contributed by atoms with Gasteiger partial charge in [-0.15, -0.1) is 0 Å². The van der Waals surface area contributed by atoms with Crippen LogP contribution in [0.2, 0.25) is 0 Å². The molecule has 3 aromatic rings. The number of hydrogen-bond acceptors (Lipinski definition) is 5. The highest BCUT2D eigenvalue weighted by Gasteiger charge is 2.31. The quantitative estimate of drug-likeness (QED) is 0.732. The number of halogens is 2. The molecule has 8 nitrogen and oxygen atoms in total. The fourth-order valence-corrected chi connectivity index (χ4v) is 3.08. The molecule has 1 aliphatic rings. The van der Waals surface area contributed by atoms with Gasteiger partial charge in [0.15, 0.2) is 5.65 Å². The summed E-state index contributed by atoms with van der Waals surface area (Å²) in [6.45, 7) is 0.689. The summed E-state index contributed by atoms with van der Waals surface area (Å²) in [6, 6.07) is 1.64. The lowest BCUT2D eigenvalue weighted by molar-refractivity contribution is 0.0880. The number of imidazole rings is 1. The van der Waals surface area contributed by atoms with Gasteiger partial charge < -0.3 is 9.88 Å². The molecule has 4 rings (SSSR count). The molecule has 0 spiro atoms. The van der Waals surface area contributed by atoms with Crippen molar-refractivity contribution in [2.75, 3.05) is 18.0 Å². The summed E-state index contributed by atoms with van der Waals surface area (Å²) in [5, 5.41) is 4.32. The predicted molar refractivity (Wildman–Crippen MR) is 86.0 cm³/mol. The third kappa shape index (κ3) is 2.69. The first kappa shape index (κ1) is 15.5. The van der Waals surface area contributed by atoms with Crippen molar-refractivity contribution in [1.29, 1.82) is 0 Å². The van der Waals surface area contributed by atoms with E-state index in [-0.39, 0.29) is 12.1 Å². The van der Waals surface area contributed by atoms with Crippen molar-refractivity contribution >= 4 is 11.3 Å². The molecule has 0 aromatic carbocycles. The molecule has 25 heavy (non-hydrogen) atoms. The molecule has 0 radical (unpaired) electrons. The van der Waals surface area contributed by atoms with Gasteiger partial charge in [0.2, 0.25) is 6.43 Å². The van der Waals surface area contributed by atoms with Crippen molar-refractivity contribution < 1.29 is 8.78 Å². The first-order chi connectivity index (χ1) is 12.0. The molecular formula is C15H14F2N6O2. The van der Waals surface area contributed by atoms with Crippen LogP contribution in [-0.4, -0.2) is 44.1 Å². The maximum atomic E-state index is 13.0. The van der Waals surface area contributed by atoms with Crippen LogP contribution < -0.4 is 16.1 Å². The summed E-state index contributed by atoms with van der Waals surface area (Å²) in [4.78, 5) is 33.8. The van der Waals surface area contributed by atoms with E-state index < -0.39 is 23.6 Å². The molecule has 0 saturated carbocycles. The molecule has 0 unspecified atom stereocenters. The number of alkyl halides is 2. The number of aromatic amines is 2. The Bertz CT molecular complexity index is 1040. The molecule has 0 bridgehead atoms. The van der Waals surface area contributed by atoms with E-state index in [4.69, 9.17) is 0 Å². The van der Waals surface area contributed by atoms with Crippen LogP contribution in [0.15, 0.2) is 34.2 Å². The molecule has 1 fully saturated rings. The zero-order valence-corrected chi connectivity index (χ0v) is 12.9. The zero-order chi connectivity index (χ0) is 17.6.